The first-order valence-electron chi connectivity index (χ1n) is 8.67. The van der Waals surface area contributed by atoms with Gasteiger partial charge in [-0.15, -0.1) is 11.3 Å². The van der Waals surface area contributed by atoms with Crippen LogP contribution in [0.15, 0.2) is 48.7 Å². The van der Waals surface area contributed by atoms with Crippen molar-refractivity contribution in [2.75, 3.05) is 6.54 Å². The lowest BCUT2D eigenvalue weighted by Crippen LogP contribution is -2.30. The first kappa shape index (κ1) is 16.1. The number of aryl methyl sites for hydroxylation is 1. The van der Waals surface area contributed by atoms with Crippen LogP contribution in [0.4, 0.5) is 0 Å². The van der Waals surface area contributed by atoms with Crippen LogP contribution in [-0.4, -0.2) is 27.3 Å². The zero-order valence-corrected chi connectivity index (χ0v) is 15.1. The number of hydrogen-bond acceptors (Lipinski definition) is 3. The highest BCUT2D eigenvalue weighted by Gasteiger charge is 2.33. The molecule has 0 aliphatic carbocycles. The average Bonchev–Trinajstić information content (AvgIpc) is 3.35. The number of carbonyl (C=O) groups excluding carboxylic acids is 1. The molecule has 4 nitrogen and oxygen atoms in total. The highest BCUT2D eigenvalue weighted by Crippen LogP contribution is 2.34. The number of amides is 1. The van der Waals surface area contributed by atoms with Gasteiger partial charge in [-0.2, -0.15) is 0 Å². The van der Waals surface area contributed by atoms with Gasteiger partial charge in [-0.05, 0) is 37.5 Å². The molecule has 4 rings (SSSR count). The molecule has 1 unspecified atom stereocenters. The Hall–Kier alpha value is -2.40. The Morgan fingerprint density at radius 2 is 2.12 bits per heavy atom. The number of nitrogens with one attached hydrogen (secondary N) is 1. The Kier molecular flexibility index (Phi) is 4.40. The fraction of sp³-hybridized carbons (Fsp3) is 0.300. The largest absolute Gasteiger partial charge is 0.363 e. The molecule has 0 radical (unpaired) electrons. The minimum absolute atomic E-state index is 0.117. The Labute approximate surface area is 151 Å². The molecule has 1 amide bonds. The topological polar surface area (TPSA) is 49.0 Å². The van der Waals surface area contributed by atoms with Crippen LogP contribution in [0.5, 0.6) is 0 Å². The zero-order valence-electron chi connectivity index (χ0n) is 14.2. The number of H-pyrrole nitrogens is 1. The molecular formula is C20H21N3OS. The molecule has 0 spiro atoms. The molecule has 1 aliphatic heterocycles. The van der Waals surface area contributed by atoms with Crippen molar-refractivity contribution < 1.29 is 4.79 Å². The van der Waals surface area contributed by atoms with E-state index in [1.165, 1.54) is 16.9 Å². The van der Waals surface area contributed by atoms with Crippen molar-refractivity contribution in [1.29, 1.82) is 0 Å². The summed E-state index contributed by atoms with van der Waals surface area (Å²) in [5, 5.41) is 1.00. The van der Waals surface area contributed by atoms with E-state index in [1.807, 2.05) is 42.3 Å². The standard InChI is InChI=1S/C20H21N3OS/c1-14-19(25-18(22-14)13-15-7-3-2-4-8-15)20(24)23-12-6-10-17(23)16-9-5-11-21-16/h2-5,7-9,11,17,21H,6,10,12-13H2,1H3. The van der Waals surface area contributed by atoms with Crippen molar-refractivity contribution in [2.45, 2.75) is 32.2 Å². The molecule has 128 valence electrons. The molecule has 3 aromatic rings. The number of thiazole rings is 1. The maximum absolute atomic E-state index is 13.1. The van der Waals surface area contributed by atoms with Crippen molar-refractivity contribution in [3.05, 3.63) is 75.5 Å². The number of likely N-dealkylation sites (tertiary alicyclic amines) is 1. The normalized spacial score (nSPS) is 17.2. The highest BCUT2D eigenvalue weighted by atomic mass is 32.1. The van der Waals surface area contributed by atoms with E-state index in [0.29, 0.717) is 0 Å². The van der Waals surface area contributed by atoms with Gasteiger partial charge in [-0.1, -0.05) is 30.3 Å². The summed E-state index contributed by atoms with van der Waals surface area (Å²) >= 11 is 1.54. The molecule has 5 heteroatoms. The summed E-state index contributed by atoms with van der Waals surface area (Å²) in [5.74, 6) is 0.117. The zero-order chi connectivity index (χ0) is 17.2. The van der Waals surface area contributed by atoms with Gasteiger partial charge >= 0.3 is 0 Å². The maximum Gasteiger partial charge on any atom is 0.266 e. The summed E-state index contributed by atoms with van der Waals surface area (Å²) in [6.45, 7) is 2.76. The quantitative estimate of drug-likeness (QED) is 0.760. The summed E-state index contributed by atoms with van der Waals surface area (Å²) in [7, 11) is 0. The molecule has 1 N–H and O–H groups in total. The Balaban J connectivity index is 1.56. The first-order valence-corrected chi connectivity index (χ1v) is 9.48. The Bertz CT molecular complexity index is 854. The van der Waals surface area contributed by atoms with Crippen LogP contribution >= 0.6 is 11.3 Å². The van der Waals surface area contributed by atoms with Crippen molar-refractivity contribution in [3.63, 3.8) is 0 Å². The smallest absolute Gasteiger partial charge is 0.266 e. The molecule has 3 heterocycles. The second-order valence-corrected chi connectivity index (χ2v) is 7.55. The molecule has 1 atom stereocenters. The minimum Gasteiger partial charge on any atom is -0.363 e. The van der Waals surface area contributed by atoms with Crippen LogP contribution in [0.3, 0.4) is 0 Å². The van der Waals surface area contributed by atoms with E-state index in [2.05, 4.69) is 28.2 Å². The molecule has 1 aromatic carbocycles. The predicted molar refractivity (Wildman–Crippen MR) is 99.9 cm³/mol. The third-order valence-corrected chi connectivity index (χ3v) is 5.87. The second-order valence-electron chi connectivity index (χ2n) is 6.47. The lowest BCUT2D eigenvalue weighted by molar-refractivity contribution is 0.0737. The van der Waals surface area contributed by atoms with Crippen LogP contribution in [0.25, 0.3) is 0 Å². The van der Waals surface area contributed by atoms with Crippen molar-refractivity contribution in [2.24, 2.45) is 0 Å². The van der Waals surface area contributed by atoms with Gasteiger partial charge in [0, 0.05) is 24.9 Å². The number of aromatic nitrogens is 2. The van der Waals surface area contributed by atoms with Gasteiger partial charge < -0.3 is 9.88 Å². The summed E-state index contributed by atoms with van der Waals surface area (Å²) in [6, 6.07) is 14.5. The molecular weight excluding hydrogens is 330 g/mol. The van der Waals surface area contributed by atoms with Gasteiger partial charge in [0.05, 0.1) is 16.7 Å². The summed E-state index contributed by atoms with van der Waals surface area (Å²) in [6.07, 6.45) is 4.76. The van der Waals surface area contributed by atoms with Crippen molar-refractivity contribution in [3.8, 4) is 0 Å². The summed E-state index contributed by atoms with van der Waals surface area (Å²) in [5.41, 5.74) is 3.19. The molecule has 0 bridgehead atoms. The molecule has 1 saturated heterocycles. The molecule has 2 aromatic heterocycles. The number of benzene rings is 1. The van der Waals surface area contributed by atoms with E-state index in [9.17, 15) is 4.79 Å². The number of aromatic amines is 1. The van der Waals surface area contributed by atoms with E-state index in [1.54, 1.807) is 0 Å². The van der Waals surface area contributed by atoms with Crippen molar-refractivity contribution >= 4 is 17.2 Å². The van der Waals surface area contributed by atoms with Gasteiger partial charge in [0.1, 0.15) is 4.88 Å². The fourth-order valence-corrected chi connectivity index (χ4v) is 4.57. The number of carbonyl (C=O) groups is 1. The summed E-state index contributed by atoms with van der Waals surface area (Å²) in [4.78, 5) is 23.8. The van der Waals surface area contributed by atoms with Crippen LogP contribution < -0.4 is 0 Å². The molecule has 0 saturated carbocycles. The molecule has 1 fully saturated rings. The minimum atomic E-state index is 0.117. The Morgan fingerprint density at radius 1 is 1.28 bits per heavy atom. The number of hydrogen-bond donors (Lipinski definition) is 1. The molecule has 1 aliphatic rings. The van der Waals surface area contributed by atoms with Gasteiger partial charge in [0.15, 0.2) is 0 Å². The van der Waals surface area contributed by atoms with E-state index in [-0.39, 0.29) is 11.9 Å². The number of rotatable bonds is 4. The fourth-order valence-electron chi connectivity index (χ4n) is 3.51. The lowest BCUT2D eigenvalue weighted by Gasteiger charge is -2.23. The lowest BCUT2D eigenvalue weighted by atomic mass is 10.1. The Morgan fingerprint density at radius 3 is 2.88 bits per heavy atom. The SMILES string of the molecule is Cc1nc(Cc2ccccc2)sc1C(=O)N1CCCC1c1ccc[nH]1. The van der Waals surface area contributed by atoms with E-state index >= 15 is 0 Å². The van der Waals surface area contributed by atoms with Crippen LogP contribution in [-0.2, 0) is 6.42 Å². The van der Waals surface area contributed by atoms with Gasteiger partial charge in [0.25, 0.3) is 5.91 Å². The van der Waals surface area contributed by atoms with Crippen molar-refractivity contribution in [1.82, 2.24) is 14.9 Å². The van der Waals surface area contributed by atoms with E-state index in [4.69, 9.17) is 0 Å². The number of nitrogens with zero attached hydrogens (tertiary/aromatic N) is 2. The first-order chi connectivity index (χ1) is 12.2. The highest BCUT2D eigenvalue weighted by molar-refractivity contribution is 7.13. The van der Waals surface area contributed by atoms with E-state index in [0.717, 1.165) is 47.1 Å². The average molecular weight is 351 g/mol. The monoisotopic (exact) mass is 351 g/mol. The van der Waals surface area contributed by atoms with E-state index < -0.39 is 0 Å². The third kappa shape index (κ3) is 3.24. The van der Waals surface area contributed by atoms with Gasteiger partial charge in [0.2, 0.25) is 0 Å². The third-order valence-electron chi connectivity index (χ3n) is 4.73. The molecule has 25 heavy (non-hydrogen) atoms. The maximum atomic E-state index is 13.1. The van der Waals surface area contributed by atoms with Gasteiger partial charge in [-0.25, -0.2) is 4.98 Å². The van der Waals surface area contributed by atoms with Crippen LogP contribution in [0, 0.1) is 6.92 Å². The summed E-state index contributed by atoms with van der Waals surface area (Å²) < 4.78 is 0. The van der Waals surface area contributed by atoms with Crippen LogP contribution in [0.2, 0.25) is 0 Å². The predicted octanol–water partition coefficient (Wildman–Crippen LogP) is 4.35. The van der Waals surface area contributed by atoms with Gasteiger partial charge in [-0.3, -0.25) is 4.79 Å². The van der Waals surface area contributed by atoms with Crippen LogP contribution in [0.1, 0.15) is 50.5 Å². The second kappa shape index (κ2) is 6.84.